The van der Waals surface area contributed by atoms with Crippen LogP contribution in [0.3, 0.4) is 0 Å². The number of benzene rings is 1. The van der Waals surface area contributed by atoms with E-state index in [9.17, 15) is 5.11 Å². The van der Waals surface area contributed by atoms with Crippen LogP contribution in [0.15, 0.2) is 40.2 Å². The molecule has 5 heteroatoms. The maximum Gasteiger partial charge on any atom is 0.120 e. The smallest absolute Gasteiger partial charge is 0.120 e. The third-order valence-corrected chi connectivity index (χ3v) is 4.25. The number of hydrogen-bond acceptors (Lipinski definition) is 3. The molecule has 0 aliphatic carbocycles. The standard InChI is InChI=1S/C13H12BrClO2S/c14-9-4-13(18-8-9)6-11(16)7-17-12-3-1-2-10(15)5-12/h1-5,8,11,16H,6-7H2. The molecule has 0 aliphatic heterocycles. The van der Waals surface area contributed by atoms with Crippen LogP contribution in [0.25, 0.3) is 0 Å². The zero-order valence-corrected chi connectivity index (χ0v) is 12.6. The zero-order valence-electron chi connectivity index (χ0n) is 9.48. The molecule has 1 unspecified atom stereocenters. The van der Waals surface area contributed by atoms with E-state index < -0.39 is 6.10 Å². The second-order valence-electron chi connectivity index (χ2n) is 3.86. The molecule has 18 heavy (non-hydrogen) atoms. The van der Waals surface area contributed by atoms with Gasteiger partial charge in [0.05, 0.1) is 6.10 Å². The van der Waals surface area contributed by atoms with Gasteiger partial charge in [0.1, 0.15) is 12.4 Å². The molecule has 0 fully saturated rings. The van der Waals surface area contributed by atoms with Crippen molar-refractivity contribution in [2.75, 3.05) is 6.61 Å². The van der Waals surface area contributed by atoms with Gasteiger partial charge in [-0.15, -0.1) is 11.3 Å². The van der Waals surface area contributed by atoms with Gasteiger partial charge >= 0.3 is 0 Å². The van der Waals surface area contributed by atoms with E-state index in [0.29, 0.717) is 17.2 Å². The predicted octanol–water partition coefficient (Wildman–Crippen LogP) is 4.15. The average molecular weight is 348 g/mol. The lowest BCUT2D eigenvalue weighted by atomic mass is 10.2. The average Bonchev–Trinajstić information content (AvgIpc) is 2.72. The van der Waals surface area contributed by atoms with E-state index in [1.54, 1.807) is 23.5 Å². The van der Waals surface area contributed by atoms with Crippen molar-refractivity contribution in [1.29, 1.82) is 0 Å². The highest BCUT2D eigenvalue weighted by Gasteiger charge is 2.08. The van der Waals surface area contributed by atoms with Crippen molar-refractivity contribution in [2.45, 2.75) is 12.5 Å². The van der Waals surface area contributed by atoms with Gasteiger partial charge in [-0.05, 0) is 40.2 Å². The monoisotopic (exact) mass is 346 g/mol. The van der Waals surface area contributed by atoms with Gasteiger partial charge in [0.2, 0.25) is 0 Å². The van der Waals surface area contributed by atoms with Gasteiger partial charge in [0.25, 0.3) is 0 Å². The van der Waals surface area contributed by atoms with Crippen molar-refractivity contribution in [3.05, 3.63) is 50.1 Å². The summed E-state index contributed by atoms with van der Waals surface area (Å²) in [6, 6.07) is 9.16. The fourth-order valence-electron chi connectivity index (χ4n) is 1.50. The molecule has 0 saturated carbocycles. The molecular formula is C13H12BrClO2S. The van der Waals surface area contributed by atoms with Crippen molar-refractivity contribution in [3.63, 3.8) is 0 Å². The molecule has 1 N–H and O–H groups in total. The second-order valence-corrected chi connectivity index (χ2v) is 6.21. The van der Waals surface area contributed by atoms with Crippen LogP contribution >= 0.6 is 38.9 Å². The Morgan fingerprint density at radius 2 is 2.22 bits per heavy atom. The molecule has 2 aromatic rings. The summed E-state index contributed by atoms with van der Waals surface area (Å²) in [4.78, 5) is 1.13. The van der Waals surface area contributed by atoms with Crippen LogP contribution in [0, 0.1) is 0 Å². The summed E-state index contributed by atoms with van der Waals surface area (Å²) in [6.07, 6.45) is 0.0751. The Morgan fingerprint density at radius 1 is 1.39 bits per heavy atom. The molecule has 0 bridgehead atoms. The van der Waals surface area contributed by atoms with Gasteiger partial charge in [-0.25, -0.2) is 0 Å². The first-order chi connectivity index (χ1) is 8.63. The Bertz CT molecular complexity index is 515. The Kier molecular flexibility index (Phi) is 5.06. The van der Waals surface area contributed by atoms with Crippen LogP contribution in [-0.2, 0) is 6.42 Å². The summed E-state index contributed by atoms with van der Waals surface area (Å²) in [6.45, 7) is 0.260. The summed E-state index contributed by atoms with van der Waals surface area (Å²) in [5.74, 6) is 0.675. The van der Waals surface area contributed by atoms with Crippen molar-refractivity contribution >= 4 is 38.9 Å². The van der Waals surface area contributed by atoms with Crippen molar-refractivity contribution in [1.82, 2.24) is 0 Å². The minimum atomic E-state index is -0.519. The molecule has 1 aromatic carbocycles. The van der Waals surface area contributed by atoms with Crippen LogP contribution < -0.4 is 4.74 Å². The first-order valence-electron chi connectivity index (χ1n) is 5.43. The highest BCUT2D eigenvalue weighted by molar-refractivity contribution is 9.10. The van der Waals surface area contributed by atoms with Crippen LogP contribution in [0.2, 0.25) is 5.02 Å². The third kappa shape index (κ3) is 4.28. The molecule has 0 radical (unpaired) electrons. The molecular weight excluding hydrogens is 336 g/mol. The maximum atomic E-state index is 9.88. The Labute approximate surface area is 123 Å². The van der Waals surface area contributed by atoms with Crippen molar-refractivity contribution in [2.24, 2.45) is 0 Å². The van der Waals surface area contributed by atoms with E-state index in [1.165, 1.54) is 0 Å². The quantitative estimate of drug-likeness (QED) is 0.880. The van der Waals surface area contributed by atoms with Gasteiger partial charge in [-0.2, -0.15) is 0 Å². The molecule has 1 heterocycles. The van der Waals surface area contributed by atoms with Gasteiger partial charge in [-0.3, -0.25) is 0 Å². The van der Waals surface area contributed by atoms with E-state index >= 15 is 0 Å². The molecule has 1 aromatic heterocycles. The summed E-state index contributed by atoms with van der Waals surface area (Å²) in [5, 5.41) is 12.5. The zero-order chi connectivity index (χ0) is 13.0. The number of hydrogen-bond donors (Lipinski definition) is 1. The SMILES string of the molecule is OC(COc1cccc(Cl)c1)Cc1cc(Br)cs1. The molecule has 0 amide bonds. The highest BCUT2D eigenvalue weighted by Crippen LogP contribution is 2.21. The summed E-state index contributed by atoms with van der Waals surface area (Å²) < 4.78 is 6.53. The fraction of sp³-hybridized carbons (Fsp3) is 0.231. The van der Waals surface area contributed by atoms with Gasteiger partial charge in [0, 0.05) is 26.2 Å². The third-order valence-electron chi connectivity index (χ3n) is 2.30. The number of thiophene rings is 1. The normalized spacial score (nSPS) is 12.4. The molecule has 2 nitrogen and oxygen atoms in total. The summed E-state index contributed by atoms with van der Waals surface area (Å²) in [7, 11) is 0. The minimum Gasteiger partial charge on any atom is -0.491 e. The number of rotatable bonds is 5. The molecule has 96 valence electrons. The van der Waals surface area contributed by atoms with E-state index in [-0.39, 0.29) is 6.61 Å². The van der Waals surface area contributed by atoms with Crippen molar-refractivity contribution < 1.29 is 9.84 Å². The van der Waals surface area contributed by atoms with Crippen LogP contribution in [0.1, 0.15) is 4.88 Å². The van der Waals surface area contributed by atoms with Crippen LogP contribution in [-0.4, -0.2) is 17.8 Å². The molecule has 0 aliphatic rings. The Hall–Kier alpha value is -0.550. The van der Waals surface area contributed by atoms with Gasteiger partial charge < -0.3 is 9.84 Å². The van der Waals surface area contributed by atoms with E-state index in [4.69, 9.17) is 16.3 Å². The van der Waals surface area contributed by atoms with Crippen LogP contribution in [0.4, 0.5) is 0 Å². The largest absolute Gasteiger partial charge is 0.491 e. The van der Waals surface area contributed by atoms with E-state index in [0.717, 1.165) is 9.35 Å². The van der Waals surface area contributed by atoms with Crippen molar-refractivity contribution in [3.8, 4) is 5.75 Å². The van der Waals surface area contributed by atoms with Gasteiger partial charge in [0.15, 0.2) is 0 Å². The topological polar surface area (TPSA) is 29.5 Å². The lowest BCUT2D eigenvalue weighted by molar-refractivity contribution is 0.108. The number of ether oxygens (including phenoxy) is 1. The minimum absolute atomic E-state index is 0.260. The number of aliphatic hydroxyl groups is 1. The Balaban J connectivity index is 1.83. The lowest BCUT2D eigenvalue weighted by Crippen LogP contribution is -2.19. The molecule has 0 saturated heterocycles. The number of halogens is 2. The van der Waals surface area contributed by atoms with Gasteiger partial charge in [-0.1, -0.05) is 17.7 Å². The highest BCUT2D eigenvalue weighted by atomic mass is 79.9. The molecule has 1 atom stereocenters. The number of aliphatic hydroxyl groups excluding tert-OH is 1. The van der Waals surface area contributed by atoms with E-state index in [1.807, 2.05) is 23.6 Å². The predicted molar refractivity (Wildman–Crippen MR) is 78.7 cm³/mol. The maximum absolute atomic E-state index is 9.88. The first kappa shape index (κ1) is 13.9. The van der Waals surface area contributed by atoms with E-state index in [2.05, 4.69) is 15.9 Å². The fourth-order valence-corrected chi connectivity index (χ4v) is 3.21. The molecule has 2 rings (SSSR count). The lowest BCUT2D eigenvalue weighted by Gasteiger charge is -2.11. The second kappa shape index (κ2) is 6.57. The molecule has 0 spiro atoms. The Morgan fingerprint density at radius 3 is 2.89 bits per heavy atom. The first-order valence-corrected chi connectivity index (χ1v) is 7.48. The van der Waals surface area contributed by atoms with Crippen LogP contribution in [0.5, 0.6) is 5.75 Å². The summed E-state index contributed by atoms with van der Waals surface area (Å²) >= 11 is 10.9. The summed E-state index contributed by atoms with van der Waals surface area (Å²) in [5.41, 5.74) is 0.